The number of thioether (sulfide) groups is 1. The highest BCUT2D eigenvalue weighted by molar-refractivity contribution is 7.99. The molecule has 8 heteroatoms. The van der Waals surface area contributed by atoms with Crippen molar-refractivity contribution in [1.29, 1.82) is 0 Å². The number of nitrogens with zero attached hydrogens (tertiary/aromatic N) is 3. The maximum absolute atomic E-state index is 12.2. The Balaban J connectivity index is 1.80. The molecule has 0 unspecified atom stereocenters. The highest BCUT2D eigenvalue weighted by Crippen LogP contribution is 2.20. The normalized spacial score (nSPS) is 17.7. The first-order valence-corrected chi connectivity index (χ1v) is 8.77. The number of anilines is 2. The van der Waals surface area contributed by atoms with Gasteiger partial charge in [-0.25, -0.2) is 0 Å². The lowest BCUT2D eigenvalue weighted by atomic mass is 10.1. The average Bonchev–Trinajstić information content (AvgIpc) is 2.72. The number of hydrogen-bond donors (Lipinski definition) is 3. The van der Waals surface area contributed by atoms with E-state index in [-0.39, 0.29) is 23.1 Å². The Bertz CT molecular complexity index is 484. The molecule has 5 N–H and O–H groups in total. The van der Waals surface area contributed by atoms with Crippen LogP contribution in [0.25, 0.3) is 0 Å². The fourth-order valence-electron chi connectivity index (χ4n) is 2.54. The first-order chi connectivity index (χ1) is 10.5. The molecule has 0 saturated heterocycles. The Labute approximate surface area is 135 Å². The third-order valence-electron chi connectivity index (χ3n) is 3.75. The summed E-state index contributed by atoms with van der Waals surface area (Å²) in [6.07, 6.45) is 7.14. The zero-order valence-corrected chi connectivity index (χ0v) is 13.7. The van der Waals surface area contributed by atoms with Gasteiger partial charge in [0.2, 0.25) is 17.8 Å². The second-order valence-electron chi connectivity index (χ2n) is 5.62. The van der Waals surface area contributed by atoms with Crippen molar-refractivity contribution >= 4 is 29.6 Å². The van der Waals surface area contributed by atoms with E-state index in [4.69, 9.17) is 11.5 Å². The zero-order chi connectivity index (χ0) is 15.9. The molecule has 1 atom stereocenters. The summed E-state index contributed by atoms with van der Waals surface area (Å²) in [6, 6.07) is 0.321. The molecule has 1 aliphatic rings. The SMILES string of the molecule is C[C@H](SCc1nc(N)nc(N)n1)C(=O)NC1CCCCCC1. The summed E-state index contributed by atoms with van der Waals surface area (Å²) in [5.74, 6) is 1.28. The third-order valence-corrected chi connectivity index (χ3v) is 4.89. The molecule has 1 heterocycles. The molecule has 1 aliphatic carbocycles. The number of nitrogen functional groups attached to an aromatic ring is 2. The number of amides is 1. The van der Waals surface area contributed by atoms with Gasteiger partial charge in [0, 0.05) is 6.04 Å². The second kappa shape index (κ2) is 8.17. The summed E-state index contributed by atoms with van der Waals surface area (Å²) in [5.41, 5.74) is 11.1. The van der Waals surface area contributed by atoms with Crippen LogP contribution in [0.3, 0.4) is 0 Å². The third kappa shape index (κ3) is 5.32. The number of nitrogens with one attached hydrogen (secondary N) is 1. The van der Waals surface area contributed by atoms with E-state index in [0.29, 0.717) is 17.6 Å². The number of rotatable bonds is 5. The van der Waals surface area contributed by atoms with E-state index in [9.17, 15) is 4.79 Å². The summed E-state index contributed by atoms with van der Waals surface area (Å²) in [5, 5.41) is 2.99. The van der Waals surface area contributed by atoms with E-state index in [2.05, 4.69) is 20.3 Å². The van der Waals surface area contributed by atoms with Gasteiger partial charge in [-0.2, -0.15) is 15.0 Å². The minimum atomic E-state index is -0.164. The first kappa shape index (κ1) is 16.8. The van der Waals surface area contributed by atoms with Crippen LogP contribution in [0.4, 0.5) is 11.9 Å². The lowest BCUT2D eigenvalue weighted by molar-refractivity contribution is -0.121. The van der Waals surface area contributed by atoms with Crippen LogP contribution < -0.4 is 16.8 Å². The van der Waals surface area contributed by atoms with Crippen molar-refractivity contribution in [2.24, 2.45) is 0 Å². The van der Waals surface area contributed by atoms with Crippen molar-refractivity contribution in [2.75, 3.05) is 11.5 Å². The van der Waals surface area contributed by atoms with Gasteiger partial charge in [0.15, 0.2) is 0 Å². The number of nitrogens with two attached hydrogens (primary N) is 2. The van der Waals surface area contributed by atoms with Gasteiger partial charge >= 0.3 is 0 Å². The summed E-state index contributed by atoms with van der Waals surface area (Å²) in [7, 11) is 0. The lowest BCUT2D eigenvalue weighted by Gasteiger charge is -2.19. The predicted molar refractivity (Wildman–Crippen MR) is 89.0 cm³/mol. The van der Waals surface area contributed by atoms with Crippen LogP contribution in [0, 0.1) is 0 Å². The van der Waals surface area contributed by atoms with Crippen molar-refractivity contribution in [3.8, 4) is 0 Å². The molecule has 122 valence electrons. The Hall–Kier alpha value is -1.57. The molecule has 0 spiro atoms. The Kier molecular flexibility index (Phi) is 6.23. The van der Waals surface area contributed by atoms with E-state index in [1.807, 2.05) is 6.92 Å². The zero-order valence-electron chi connectivity index (χ0n) is 12.9. The molecule has 0 radical (unpaired) electrons. The van der Waals surface area contributed by atoms with Gasteiger partial charge in [-0.15, -0.1) is 11.8 Å². The van der Waals surface area contributed by atoms with Gasteiger partial charge in [0.25, 0.3) is 0 Å². The molecule has 2 rings (SSSR count). The smallest absolute Gasteiger partial charge is 0.233 e. The van der Waals surface area contributed by atoms with Gasteiger partial charge in [-0.3, -0.25) is 4.79 Å². The molecular weight excluding hydrogens is 300 g/mol. The topological polar surface area (TPSA) is 120 Å². The van der Waals surface area contributed by atoms with Crippen LogP contribution in [-0.4, -0.2) is 32.2 Å². The monoisotopic (exact) mass is 324 g/mol. The van der Waals surface area contributed by atoms with Gasteiger partial charge in [-0.1, -0.05) is 25.7 Å². The minimum Gasteiger partial charge on any atom is -0.368 e. The largest absolute Gasteiger partial charge is 0.368 e. The highest BCUT2D eigenvalue weighted by Gasteiger charge is 2.19. The van der Waals surface area contributed by atoms with Crippen LogP contribution >= 0.6 is 11.8 Å². The Morgan fingerprint density at radius 2 is 1.77 bits per heavy atom. The van der Waals surface area contributed by atoms with Crippen molar-refractivity contribution < 1.29 is 4.79 Å². The predicted octanol–water partition coefficient (Wildman–Crippen LogP) is 1.50. The maximum Gasteiger partial charge on any atom is 0.233 e. The van der Waals surface area contributed by atoms with E-state index in [1.54, 1.807) is 0 Å². The van der Waals surface area contributed by atoms with E-state index in [1.165, 1.54) is 37.4 Å². The van der Waals surface area contributed by atoms with Gasteiger partial charge < -0.3 is 16.8 Å². The fraction of sp³-hybridized carbons (Fsp3) is 0.714. The number of carbonyl (C=O) groups excluding carboxylic acids is 1. The van der Waals surface area contributed by atoms with Crippen molar-refractivity contribution in [1.82, 2.24) is 20.3 Å². The Morgan fingerprint density at radius 3 is 2.36 bits per heavy atom. The standard InChI is InChI=1S/C14H24N6OS/c1-9(12(21)17-10-6-4-2-3-5-7-10)22-8-11-18-13(15)20-14(16)19-11/h9-10H,2-8H2,1H3,(H,17,21)(H4,15,16,18,19,20)/t9-/m0/s1. The van der Waals surface area contributed by atoms with Gasteiger partial charge in [0.1, 0.15) is 5.82 Å². The molecule has 7 nitrogen and oxygen atoms in total. The summed E-state index contributed by atoms with van der Waals surface area (Å²) in [6.45, 7) is 1.89. The van der Waals surface area contributed by atoms with Gasteiger partial charge in [0.05, 0.1) is 11.0 Å². The molecule has 1 amide bonds. The maximum atomic E-state index is 12.2. The van der Waals surface area contributed by atoms with E-state index < -0.39 is 0 Å². The summed E-state index contributed by atoms with van der Waals surface area (Å²) < 4.78 is 0. The van der Waals surface area contributed by atoms with Crippen molar-refractivity contribution in [3.63, 3.8) is 0 Å². The van der Waals surface area contributed by atoms with Crippen LogP contribution in [0.1, 0.15) is 51.3 Å². The summed E-state index contributed by atoms with van der Waals surface area (Å²) in [4.78, 5) is 24.0. The molecular formula is C14H24N6OS. The lowest BCUT2D eigenvalue weighted by Crippen LogP contribution is -2.39. The highest BCUT2D eigenvalue weighted by atomic mass is 32.2. The Morgan fingerprint density at radius 1 is 1.18 bits per heavy atom. The molecule has 0 bridgehead atoms. The number of hydrogen-bond acceptors (Lipinski definition) is 7. The molecule has 1 saturated carbocycles. The van der Waals surface area contributed by atoms with Gasteiger partial charge in [-0.05, 0) is 19.8 Å². The van der Waals surface area contributed by atoms with E-state index in [0.717, 1.165) is 12.8 Å². The molecule has 0 aromatic carbocycles. The molecule has 1 aromatic heterocycles. The number of aromatic nitrogens is 3. The van der Waals surface area contributed by atoms with Crippen molar-refractivity contribution in [3.05, 3.63) is 5.82 Å². The van der Waals surface area contributed by atoms with Crippen LogP contribution in [-0.2, 0) is 10.5 Å². The van der Waals surface area contributed by atoms with Crippen LogP contribution in [0.5, 0.6) is 0 Å². The quantitative estimate of drug-likeness (QED) is 0.702. The van der Waals surface area contributed by atoms with Crippen LogP contribution in [0.15, 0.2) is 0 Å². The van der Waals surface area contributed by atoms with Crippen LogP contribution in [0.2, 0.25) is 0 Å². The number of carbonyl (C=O) groups is 1. The first-order valence-electron chi connectivity index (χ1n) is 7.72. The second-order valence-corrected chi connectivity index (χ2v) is 6.95. The molecule has 22 heavy (non-hydrogen) atoms. The fourth-order valence-corrected chi connectivity index (χ4v) is 3.29. The average molecular weight is 324 g/mol. The summed E-state index contributed by atoms with van der Waals surface area (Å²) >= 11 is 1.47. The molecule has 1 fully saturated rings. The van der Waals surface area contributed by atoms with E-state index >= 15 is 0 Å². The molecule has 0 aliphatic heterocycles. The minimum absolute atomic E-state index is 0.0758. The molecule has 1 aromatic rings. The van der Waals surface area contributed by atoms with Crippen molar-refractivity contribution in [2.45, 2.75) is 62.5 Å².